The molecule has 23 heavy (non-hydrogen) atoms. The lowest BCUT2D eigenvalue weighted by atomic mass is 10.1. The van der Waals surface area contributed by atoms with Gasteiger partial charge in [0.15, 0.2) is 10.7 Å². The summed E-state index contributed by atoms with van der Waals surface area (Å²) in [6.45, 7) is 5.09. The van der Waals surface area contributed by atoms with Gasteiger partial charge in [-0.3, -0.25) is 4.72 Å². The first kappa shape index (κ1) is 15.3. The Labute approximate surface area is 133 Å². The summed E-state index contributed by atoms with van der Waals surface area (Å²) in [5.74, 6) is 0.263. The van der Waals surface area contributed by atoms with Crippen molar-refractivity contribution in [1.82, 2.24) is 15.1 Å². The van der Waals surface area contributed by atoms with Gasteiger partial charge in [-0.15, -0.1) is 0 Å². The van der Waals surface area contributed by atoms with E-state index in [0.717, 1.165) is 17.0 Å². The standard InChI is InChI=1S/C15H16N4O3S/c1-9-14(17-8-16-9)12-4-6-13(7-5-12)19-23(20,21)15-10(2)18-22-11(15)3/h4-8,19H,1-3H3,(H,16,17). The minimum absolute atomic E-state index is 0.0738. The van der Waals surface area contributed by atoms with Crippen molar-refractivity contribution in [2.45, 2.75) is 25.7 Å². The van der Waals surface area contributed by atoms with Crippen LogP contribution in [-0.4, -0.2) is 23.5 Å². The molecule has 0 spiro atoms. The zero-order chi connectivity index (χ0) is 16.6. The molecule has 0 unspecified atom stereocenters. The first-order chi connectivity index (χ1) is 10.9. The number of imidazole rings is 1. The van der Waals surface area contributed by atoms with Gasteiger partial charge in [0.05, 0.1) is 12.0 Å². The number of H-pyrrole nitrogens is 1. The predicted molar refractivity (Wildman–Crippen MR) is 85.5 cm³/mol. The van der Waals surface area contributed by atoms with Crippen LogP contribution in [0.4, 0.5) is 5.69 Å². The predicted octanol–water partition coefficient (Wildman–Crippen LogP) is 2.79. The first-order valence-electron chi connectivity index (χ1n) is 6.94. The van der Waals surface area contributed by atoms with E-state index in [4.69, 9.17) is 4.52 Å². The fourth-order valence-electron chi connectivity index (χ4n) is 2.41. The molecule has 0 aliphatic rings. The van der Waals surface area contributed by atoms with Crippen molar-refractivity contribution in [2.75, 3.05) is 4.72 Å². The van der Waals surface area contributed by atoms with Crippen molar-refractivity contribution in [3.63, 3.8) is 0 Å². The number of hydrogen-bond donors (Lipinski definition) is 2. The monoisotopic (exact) mass is 332 g/mol. The van der Waals surface area contributed by atoms with Crippen LogP contribution in [0.3, 0.4) is 0 Å². The molecule has 0 radical (unpaired) electrons. The van der Waals surface area contributed by atoms with Crippen LogP contribution in [-0.2, 0) is 10.0 Å². The largest absolute Gasteiger partial charge is 0.360 e. The van der Waals surface area contributed by atoms with Crippen LogP contribution in [0.1, 0.15) is 17.1 Å². The molecule has 3 aromatic rings. The molecule has 7 nitrogen and oxygen atoms in total. The summed E-state index contributed by atoms with van der Waals surface area (Å²) < 4.78 is 32.3. The smallest absolute Gasteiger partial charge is 0.267 e. The third kappa shape index (κ3) is 2.85. The van der Waals surface area contributed by atoms with E-state index in [1.807, 2.05) is 19.1 Å². The third-order valence-electron chi connectivity index (χ3n) is 3.48. The quantitative estimate of drug-likeness (QED) is 0.765. The van der Waals surface area contributed by atoms with Crippen LogP contribution in [0.2, 0.25) is 0 Å². The Morgan fingerprint density at radius 2 is 1.83 bits per heavy atom. The number of aromatic nitrogens is 3. The zero-order valence-corrected chi connectivity index (χ0v) is 13.7. The highest BCUT2D eigenvalue weighted by Crippen LogP contribution is 2.25. The lowest BCUT2D eigenvalue weighted by molar-refractivity contribution is 0.390. The fraction of sp³-hybridized carbons (Fsp3) is 0.200. The topological polar surface area (TPSA) is 101 Å². The minimum atomic E-state index is -3.73. The summed E-state index contributed by atoms with van der Waals surface area (Å²) in [7, 11) is -3.73. The van der Waals surface area contributed by atoms with Gasteiger partial charge in [-0.25, -0.2) is 13.4 Å². The summed E-state index contributed by atoms with van der Waals surface area (Å²) in [6.07, 6.45) is 1.62. The number of sulfonamides is 1. The van der Waals surface area contributed by atoms with Gasteiger partial charge in [-0.2, -0.15) is 0 Å². The highest BCUT2D eigenvalue weighted by Gasteiger charge is 2.24. The van der Waals surface area contributed by atoms with E-state index in [1.54, 1.807) is 32.3 Å². The molecule has 2 N–H and O–H groups in total. The second-order valence-corrected chi connectivity index (χ2v) is 6.83. The molecule has 2 aromatic heterocycles. The normalized spacial score (nSPS) is 11.6. The Morgan fingerprint density at radius 3 is 2.35 bits per heavy atom. The number of aromatic amines is 1. The molecule has 0 aliphatic carbocycles. The third-order valence-corrected chi connectivity index (χ3v) is 5.10. The molecule has 0 amide bonds. The summed E-state index contributed by atoms with van der Waals surface area (Å²) in [6, 6.07) is 7.01. The van der Waals surface area contributed by atoms with E-state index in [9.17, 15) is 8.42 Å². The van der Waals surface area contributed by atoms with Gasteiger partial charge >= 0.3 is 0 Å². The van der Waals surface area contributed by atoms with Crippen molar-refractivity contribution in [2.24, 2.45) is 0 Å². The molecule has 0 atom stereocenters. The van der Waals surface area contributed by atoms with Crippen molar-refractivity contribution >= 4 is 15.7 Å². The van der Waals surface area contributed by atoms with E-state index < -0.39 is 10.0 Å². The Bertz CT molecular complexity index is 920. The summed E-state index contributed by atoms with van der Waals surface area (Å²) >= 11 is 0. The van der Waals surface area contributed by atoms with Gasteiger partial charge in [-0.1, -0.05) is 17.3 Å². The Morgan fingerprint density at radius 1 is 1.13 bits per heavy atom. The van der Waals surface area contributed by atoms with Gasteiger partial charge in [0, 0.05) is 16.9 Å². The number of nitrogens with one attached hydrogen (secondary N) is 2. The molecule has 1 aromatic carbocycles. The maximum atomic E-state index is 12.4. The number of hydrogen-bond acceptors (Lipinski definition) is 5. The molecular formula is C15H16N4O3S. The number of nitrogens with zero attached hydrogens (tertiary/aromatic N) is 2. The summed E-state index contributed by atoms with van der Waals surface area (Å²) in [5.41, 5.74) is 3.49. The van der Waals surface area contributed by atoms with Crippen molar-refractivity contribution in [3.8, 4) is 11.3 Å². The molecule has 8 heteroatoms. The Kier molecular flexibility index (Phi) is 3.69. The van der Waals surface area contributed by atoms with Gasteiger partial charge < -0.3 is 9.51 Å². The molecule has 3 rings (SSSR count). The average molecular weight is 332 g/mol. The van der Waals surface area contributed by atoms with Crippen molar-refractivity contribution in [3.05, 3.63) is 47.7 Å². The van der Waals surface area contributed by atoms with E-state index in [0.29, 0.717) is 11.4 Å². The van der Waals surface area contributed by atoms with Gasteiger partial charge in [0.1, 0.15) is 5.69 Å². The van der Waals surface area contributed by atoms with Crippen LogP contribution in [0, 0.1) is 20.8 Å². The van der Waals surface area contributed by atoms with Crippen molar-refractivity contribution < 1.29 is 12.9 Å². The van der Waals surface area contributed by atoms with E-state index in [-0.39, 0.29) is 10.7 Å². The maximum Gasteiger partial charge on any atom is 0.267 e. The lowest BCUT2D eigenvalue weighted by Crippen LogP contribution is -2.14. The van der Waals surface area contributed by atoms with Crippen LogP contribution < -0.4 is 4.72 Å². The molecule has 0 saturated heterocycles. The molecule has 0 saturated carbocycles. The molecule has 120 valence electrons. The van der Waals surface area contributed by atoms with Crippen LogP contribution >= 0.6 is 0 Å². The second-order valence-electron chi connectivity index (χ2n) is 5.21. The van der Waals surface area contributed by atoms with Gasteiger partial charge in [-0.05, 0) is 32.9 Å². The second kappa shape index (κ2) is 5.54. The zero-order valence-electron chi connectivity index (χ0n) is 12.9. The molecular weight excluding hydrogens is 316 g/mol. The highest BCUT2D eigenvalue weighted by atomic mass is 32.2. The minimum Gasteiger partial charge on any atom is -0.360 e. The Hall–Kier alpha value is -2.61. The first-order valence-corrected chi connectivity index (χ1v) is 8.43. The van der Waals surface area contributed by atoms with Crippen LogP contribution in [0.5, 0.6) is 0 Å². The fourth-order valence-corrected chi connectivity index (χ4v) is 3.80. The summed E-state index contributed by atoms with van der Waals surface area (Å²) in [5, 5.41) is 3.68. The highest BCUT2D eigenvalue weighted by molar-refractivity contribution is 7.92. The average Bonchev–Trinajstić information content (AvgIpc) is 3.05. The number of benzene rings is 1. The summed E-state index contributed by atoms with van der Waals surface area (Å²) in [4.78, 5) is 7.32. The number of aryl methyl sites for hydroxylation is 3. The molecule has 0 fully saturated rings. The van der Waals surface area contributed by atoms with E-state index >= 15 is 0 Å². The number of anilines is 1. The van der Waals surface area contributed by atoms with Crippen LogP contribution in [0.25, 0.3) is 11.3 Å². The molecule has 0 bridgehead atoms. The molecule has 2 heterocycles. The maximum absolute atomic E-state index is 12.4. The number of rotatable bonds is 4. The molecule has 0 aliphatic heterocycles. The SMILES string of the molecule is Cc1noc(C)c1S(=O)(=O)Nc1ccc(-c2nc[nH]c2C)cc1. The lowest BCUT2D eigenvalue weighted by Gasteiger charge is -2.08. The Balaban J connectivity index is 1.88. The van der Waals surface area contributed by atoms with E-state index in [2.05, 4.69) is 19.8 Å². The van der Waals surface area contributed by atoms with Gasteiger partial charge in [0.2, 0.25) is 0 Å². The van der Waals surface area contributed by atoms with Crippen molar-refractivity contribution in [1.29, 1.82) is 0 Å². The van der Waals surface area contributed by atoms with Crippen LogP contribution in [0.15, 0.2) is 40.0 Å². The van der Waals surface area contributed by atoms with Gasteiger partial charge in [0.25, 0.3) is 10.0 Å². The van der Waals surface area contributed by atoms with E-state index in [1.165, 1.54) is 0 Å².